The summed E-state index contributed by atoms with van der Waals surface area (Å²) < 4.78 is 5.29. The molecule has 1 atom stereocenters. The Balaban J connectivity index is 0.00000225. The molecule has 1 aromatic heterocycles. The molecule has 1 heterocycles. The zero-order chi connectivity index (χ0) is 18.5. The average Bonchev–Trinajstić information content (AvgIpc) is 3.11. The van der Waals surface area contributed by atoms with Crippen molar-refractivity contribution in [1.82, 2.24) is 10.5 Å². The number of benzene rings is 2. The summed E-state index contributed by atoms with van der Waals surface area (Å²) in [5.41, 5.74) is 4.37. The quantitative estimate of drug-likeness (QED) is 0.584. The number of aromatic nitrogens is 1. The number of rotatable bonds is 6. The average molecular weight is 397 g/mol. The summed E-state index contributed by atoms with van der Waals surface area (Å²) >= 11 is 0. The van der Waals surface area contributed by atoms with E-state index >= 15 is 0 Å². The molecule has 146 valence electrons. The molecule has 2 N–H and O–H groups in total. The van der Waals surface area contributed by atoms with Gasteiger partial charge in [0.1, 0.15) is 5.76 Å². The van der Waals surface area contributed by atoms with Gasteiger partial charge in [-0.1, -0.05) is 66.7 Å². The van der Waals surface area contributed by atoms with E-state index < -0.39 is 0 Å². The van der Waals surface area contributed by atoms with Gasteiger partial charge in [-0.15, -0.1) is 12.4 Å². The molecule has 0 radical (unpaired) electrons. The Morgan fingerprint density at radius 1 is 1.07 bits per heavy atom. The van der Waals surface area contributed by atoms with E-state index in [0.717, 1.165) is 43.6 Å². The minimum Gasteiger partial charge on any atom is -0.383 e. The van der Waals surface area contributed by atoms with E-state index in [4.69, 9.17) is 4.52 Å². The molecule has 1 aliphatic carbocycles. The Bertz CT molecular complexity index is 920. The number of H-pyrrole nitrogens is 1. The van der Waals surface area contributed by atoms with Crippen molar-refractivity contribution >= 4 is 18.0 Å². The first-order valence-corrected chi connectivity index (χ1v) is 9.57. The van der Waals surface area contributed by atoms with Crippen LogP contribution in [-0.4, -0.2) is 11.7 Å². The van der Waals surface area contributed by atoms with Gasteiger partial charge in [-0.05, 0) is 42.5 Å². The van der Waals surface area contributed by atoms with Gasteiger partial charge in [0.05, 0.1) is 5.56 Å². The maximum absolute atomic E-state index is 12.0. The van der Waals surface area contributed by atoms with E-state index in [2.05, 4.69) is 65.1 Å². The van der Waals surface area contributed by atoms with Gasteiger partial charge in [0, 0.05) is 12.5 Å². The van der Waals surface area contributed by atoms with Crippen molar-refractivity contribution in [3.8, 4) is 0 Å². The van der Waals surface area contributed by atoms with Crippen molar-refractivity contribution in [2.45, 2.75) is 31.7 Å². The van der Waals surface area contributed by atoms with Crippen LogP contribution in [-0.2, 0) is 6.42 Å². The van der Waals surface area contributed by atoms with Crippen LogP contribution < -0.4 is 10.9 Å². The highest BCUT2D eigenvalue weighted by atomic mass is 35.5. The van der Waals surface area contributed by atoms with Gasteiger partial charge in [-0.3, -0.25) is 4.79 Å². The van der Waals surface area contributed by atoms with Crippen molar-refractivity contribution < 1.29 is 4.52 Å². The first kappa shape index (κ1) is 20.2. The standard InChI is InChI=1S/C23H24N2O2.ClH/c26-23-22-20(14-7-15-21(22)27-25-23)24-16-8-13-19(17-9-3-1-4-10-17)18-11-5-2-6-12-18;/h1-6,9-13,20,24H,7-8,14-16H2,(H,25,26);1H. The maximum Gasteiger partial charge on any atom is 0.284 e. The van der Waals surface area contributed by atoms with Crippen molar-refractivity contribution in [3.05, 3.63) is 99.5 Å². The van der Waals surface area contributed by atoms with Crippen LogP contribution in [0.5, 0.6) is 0 Å². The lowest BCUT2D eigenvalue weighted by Crippen LogP contribution is -2.29. The molecule has 28 heavy (non-hydrogen) atoms. The zero-order valence-electron chi connectivity index (χ0n) is 15.7. The molecule has 1 aliphatic rings. The number of halogens is 1. The van der Waals surface area contributed by atoms with Gasteiger partial charge < -0.3 is 9.84 Å². The van der Waals surface area contributed by atoms with Crippen LogP contribution in [0.1, 0.15) is 47.8 Å². The monoisotopic (exact) mass is 396 g/mol. The largest absolute Gasteiger partial charge is 0.383 e. The van der Waals surface area contributed by atoms with Gasteiger partial charge in [-0.25, -0.2) is 0 Å². The van der Waals surface area contributed by atoms with E-state index in [1.165, 1.54) is 16.7 Å². The number of aryl methyl sites for hydroxylation is 1. The van der Waals surface area contributed by atoms with Crippen molar-refractivity contribution in [2.24, 2.45) is 0 Å². The highest BCUT2D eigenvalue weighted by molar-refractivity contribution is 5.85. The number of aromatic amines is 1. The van der Waals surface area contributed by atoms with E-state index in [1.807, 2.05) is 12.1 Å². The number of fused-ring (bicyclic) bond motifs is 1. The summed E-state index contributed by atoms with van der Waals surface area (Å²) in [7, 11) is 0. The Labute approximate surface area is 171 Å². The van der Waals surface area contributed by atoms with Gasteiger partial charge in [0.15, 0.2) is 0 Å². The molecule has 0 amide bonds. The fourth-order valence-corrected chi connectivity index (χ4v) is 3.81. The molecule has 4 nitrogen and oxygen atoms in total. The predicted molar refractivity (Wildman–Crippen MR) is 115 cm³/mol. The fraction of sp³-hybridized carbons (Fsp3) is 0.261. The second-order valence-electron chi connectivity index (χ2n) is 6.91. The Hall–Kier alpha value is -2.56. The minimum absolute atomic E-state index is 0. The van der Waals surface area contributed by atoms with Gasteiger partial charge >= 0.3 is 0 Å². The van der Waals surface area contributed by atoms with Crippen molar-refractivity contribution in [2.75, 3.05) is 6.54 Å². The molecule has 0 saturated heterocycles. The molecule has 1 unspecified atom stereocenters. The smallest absolute Gasteiger partial charge is 0.284 e. The molecule has 5 heteroatoms. The SMILES string of the molecule is Cl.O=c1[nH]oc2c1C(NCCC=C(c1ccccc1)c1ccccc1)CCC2. The summed E-state index contributed by atoms with van der Waals surface area (Å²) in [6, 6.07) is 21.0. The zero-order valence-corrected chi connectivity index (χ0v) is 16.5. The molecule has 4 rings (SSSR count). The van der Waals surface area contributed by atoms with E-state index in [0.29, 0.717) is 0 Å². The highest BCUT2D eigenvalue weighted by Crippen LogP contribution is 2.27. The molecule has 0 spiro atoms. The Morgan fingerprint density at radius 3 is 2.36 bits per heavy atom. The topological polar surface area (TPSA) is 58.0 Å². The highest BCUT2D eigenvalue weighted by Gasteiger charge is 2.26. The Kier molecular flexibility index (Phi) is 6.90. The van der Waals surface area contributed by atoms with Crippen LogP contribution in [0.15, 0.2) is 76.1 Å². The second-order valence-corrected chi connectivity index (χ2v) is 6.91. The third-order valence-electron chi connectivity index (χ3n) is 5.11. The number of hydrogen-bond donors (Lipinski definition) is 2. The lowest BCUT2D eigenvalue weighted by molar-refractivity contribution is 0.354. The van der Waals surface area contributed by atoms with Gasteiger partial charge in [-0.2, -0.15) is 5.16 Å². The van der Waals surface area contributed by atoms with E-state index in [1.54, 1.807) is 0 Å². The van der Waals surface area contributed by atoms with Crippen LogP contribution in [0.3, 0.4) is 0 Å². The third kappa shape index (κ3) is 4.46. The second kappa shape index (κ2) is 9.58. The first-order valence-electron chi connectivity index (χ1n) is 9.57. The molecule has 0 bridgehead atoms. The molecule has 2 aromatic carbocycles. The van der Waals surface area contributed by atoms with Crippen LogP contribution in [0.25, 0.3) is 5.57 Å². The lowest BCUT2D eigenvalue weighted by atomic mass is 9.93. The van der Waals surface area contributed by atoms with Crippen LogP contribution in [0.2, 0.25) is 0 Å². The third-order valence-corrected chi connectivity index (χ3v) is 5.11. The fourth-order valence-electron chi connectivity index (χ4n) is 3.81. The first-order chi connectivity index (χ1) is 13.3. The summed E-state index contributed by atoms with van der Waals surface area (Å²) in [5.74, 6) is 0.813. The van der Waals surface area contributed by atoms with E-state index in [-0.39, 0.29) is 24.0 Å². The van der Waals surface area contributed by atoms with Crippen molar-refractivity contribution in [3.63, 3.8) is 0 Å². The van der Waals surface area contributed by atoms with Crippen LogP contribution in [0.4, 0.5) is 0 Å². The minimum atomic E-state index is -0.0907. The lowest BCUT2D eigenvalue weighted by Gasteiger charge is -2.21. The van der Waals surface area contributed by atoms with Gasteiger partial charge in [0.2, 0.25) is 0 Å². The maximum atomic E-state index is 12.0. The molecule has 3 aromatic rings. The molecule has 0 saturated carbocycles. The van der Waals surface area contributed by atoms with E-state index in [9.17, 15) is 4.79 Å². The molecule has 0 fully saturated rings. The van der Waals surface area contributed by atoms with Crippen LogP contribution >= 0.6 is 12.4 Å². The predicted octanol–water partition coefficient (Wildman–Crippen LogP) is 4.88. The normalized spacial score (nSPS) is 15.4. The van der Waals surface area contributed by atoms with Crippen molar-refractivity contribution in [1.29, 1.82) is 0 Å². The summed E-state index contributed by atoms with van der Waals surface area (Å²) in [6.45, 7) is 0.817. The molecule has 0 aliphatic heterocycles. The summed E-state index contributed by atoms with van der Waals surface area (Å²) in [6.07, 6.45) is 6.03. The summed E-state index contributed by atoms with van der Waals surface area (Å²) in [4.78, 5) is 12.0. The number of hydrogen-bond acceptors (Lipinski definition) is 3. The number of nitrogens with one attached hydrogen (secondary N) is 2. The molecular formula is C23H25ClN2O2. The van der Waals surface area contributed by atoms with Gasteiger partial charge in [0.25, 0.3) is 5.56 Å². The molecular weight excluding hydrogens is 372 g/mol. The van der Waals surface area contributed by atoms with Crippen LogP contribution in [0, 0.1) is 0 Å². The summed E-state index contributed by atoms with van der Waals surface area (Å²) in [5, 5.41) is 6.02. The Morgan fingerprint density at radius 2 is 1.71 bits per heavy atom.